The van der Waals surface area contributed by atoms with E-state index < -0.39 is 0 Å². The quantitative estimate of drug-likeness (QED) is 0.759. The first kappa shape index (κ1) is 14.5. The molecule has 5 nitrogen and oxygen atoms in total. The van der Waals surface area contributed by atoms with E-state index >= 15 is 0 Å². The average Bonchev–Trinajstić information content (AvgIpc) is 3.03. The Morgan fingerprint density at radius 2 is 2.05 bits per heavy atom. The molecule has 0 aliphatic rings. The highest BCUT2D eigenvalue weighted by Crippen LogP contribution is 2.25. The fraction of sp³-hybridized carbons (Fsp3) is 0.188. The number of thiophene rings is 1. The minimum atomic E-state index is -0.155. The molecule has 6 heteroatoms. The van der Waals surface area contributed by atoms with Crippen LogP contribution >= 0.6 is 11.3 Å². The molecular formula is C16H15N3O2S. The van der Waals surface area contributed by atoms with Crippen molar-refractivity contribution in [2.45, 2.75) is 6.42 Å². The second-order valence-electron chi connectivity index (χ2n) is 4.69. The summed E-state index contributed by atoms with van der Waals surface area (Å²) in [4.78, 5) is 20.9. The largest absolute Gasteiger partial charge is 0.467 e. The highest BCUT2D eigenvalue weighted by molar-refractivity contribution is 7.16. The minimum absolute atomic E-state index is 0.0449. The zero-order valence-corrected chi connectivity index (χ0v) is 12.7. The van der Waals surface area contributed by atoms with Gasteiger partial charge in [-0.2, -0.15) is 0 Å². The van der Waals surface area contributed by atoms with Crippen molar-refractivity contribution in [2.75, 3.05) is 13.2 Å². The van der Waals surface area contributed by atoms with E-state index in [1.54, 1.807) is 0 Å². The number of carbonyl (C=O) groups is 1. The van der Waals surface area contributed by atoms with Crippen LogP contribution in [0.5, 0.6) is 5.88 Å². The van der Waals surface area contributed by atoms with Gasteiger partial charge < -0.3 is 10.1 Å². The first-order valence-corrected chi connectivity index (χ1v) is 7.82. The van der Waals surface area contributed by atoms with Crippen LogP contribution in [-0.4, -0.2) is 29.0 Å². The van der Waals surface area contributed by atoms with Crippen LogP contribution in [0.25, 0.3) is 10.2 Å². The molecule has 0 bridgehead atoms. The van der Waals surface area contributed by atoms with E-state index in [1.165, 1.54) is 23.2 Å². The van der Waals surface area contributed by atoms with Crippen molar-refractivity contribution in [3.05, 3.63) is 53.7 Å². The van der Waals surface area contributed by atoms with E-state index in [4.69, 9.17) is 4.74 Å². The topological polar surface area (TPSA) is 64.1 Å². The molecule has 1 amide bonds. The Labute approximate surface area is 132 Å². The molecule has 0 radical (unpaired) electrons. The Morgan fingerprint density at radius 3 is 2.91 bits per heavy atom. The van der Waals surface area contributed by atoms with Crippen LogP contribution in [0.1, 0.15) is 5.56 Å². The molecule has 0 spiro atoms. The zero-order chi connectivity index (χ0) is 15.2. The zero-order valence-electron chi connectivity index (χ0n) is 11.9. The Bertz CT molecular complexity index is 758. The van der Waals surface area contributed by atoms with Gasteiger partial charge in [0, 0.05) is 6.54 Å². The summed E-state index contributed by atoms with van der Waals surface area (Å²) < 4.78 is 5.49. The molecule has 112 valence electrons. The van der Waals surface area contributed by atoms with Crippen molar-refractivity contribution >= 4 is 27.5 Å². The molecule has 0 aliphatic carbocycles. The summed E-state index contributed by atoms with van der Waals surface area (Å²) in [6.45, 7) is 0.542. The second-order valence-corrected chi connectivity index (χ2v) is 5.59. The molecule has 0 atom stereocenters. The number of benzene rings is 1. The third kappa shape index (κ3) is 3.59. The van der Waals surface area contributed by atoms with Crippen LogP contribution in [0.2, 0.25) is 0 Å². The van der Waals surface area contributed by atoms with E-state index in [9.17, 15) is 4.79 Å². The Balaban J connectivity index is 1.47. The van der Waals surface area contributed by atoms with Gasteiger partial charge in [-0.15, -0.1) is 11.3 Å². The number of ether oxygens (including phenoxy) is 1. The molecule has 2 aromatic heterocycles. The molecule has 0 aliphatic heterocycles. The van der Waals surface area contributed by atoms with Gasteiger partial charge in [0.1, 0.15) is 11.2 Å². The summed E-state index contributed by atoms with van der Waals surface area (Å²) >= 11 is 1.52. The Morgan fingerprint density at radius 1 is 1.18 bits per heavy atom. The van der Waals surface area contributed by atoms with Gasteiger partial charge in [0.2, 0.25) is 5.88 Å². The van der Waals surface area contributed by atoms with Crippen LogP contribution in [0, 0.1) is 0 Å². The molecule has 0 saturated carbocycles. The molecule has 1 aromatic carbocycles. The molecule has 22 heavy (non-hydrogen) atoms. The molecule has 0 fully saturated rings. The van der Waals surface area contributed by atoms with E-state index in [0.29, 0.717) is 12.4 Å². The van der Waals surface area contributed by atoms with Crippen LogP contribution in [-0.2, 0) is 11.2 Å². The second kappa shape index (κ2) is 7.00. The molecule has 0 saturated heterocycles. The number of nitrogens with one attached hydrogen (secondary N) is 1. The van der Waals surface area contributed by atoms with Gasteiger partial charge in [-0.25, -0.2) is 9.97 Å². The van der Waals surface area contributed by atoms with E-state index in [1.807, 2.05) is 41.8 Å². The third-order valence-corrected chi connectivity index (χ3v) is 3.96. The number of aromatic nitrogens is 2. The maximum atomic E-state index is 11.8. The van der Waals surface area contributed by atoms with Crippen LogP contribution in [0.15, 0.2) is 48.1 Å². The Hall–Kier alpha value is -2.47. The van der Waals surface area contributed by atoms with Gasteiger partial charge in [0.25, 0.3) is 5.91 Å². The van der Waals surface area contributed by atoms with Crippen molar-refractivity contribution in [1.82, 2.24) is 15.3 Å². The smallest absolute Gasteiger partial charge is 0.258 e. The maximum absolute atomic E-state index is 11.8. The lowest BCUT2D eigenvalue weighted by Gasteiger charge is -2.07. The third-order valence-electron chi connectivity index (χ3n) is 3.14. The van der Waals surface area contributed by atoms with E-state index in [2.05, 4.69) is 15.3 Å². The summed E-state index contributed by atoms with van der Waals surface area (Å²) in [6.07, 6.45) is 2.25. The number of rotatable bonds is 6. The predicted octanol–water partition coefficient (Wildman–Crippen LogP) is 2.43. The monoisotopic (exact) mass is 313 g/mol. The number of nitrogens with zero attached hydrogens (tertiary/aromatic N) is 2. The number of fused-ring (bicyclic) bond motifs is 1. The van der Waals surface area contributed by atoms with Crippen molar-refractivity contribution in [3.63, 3.8) is 0 Å². The fourth-order valence-corrected chi connectivity index (χ4v) is 2.78. The van der Waals surface area contributed by atoms with Crippen molar-refractivity contribution in [3.8, 4) is 5.88 Å². The van der Waals surface area contributed by atoms with Crippen molar-refractivity contribution in [2.24, 2.45) is 0 Å². The SMILES string of the molecule is O=C(COc1ncnc2sccc12)NCCc1ccccc1. The number of amides is 1. The van der Waals surface area contributed by atoms with Crippen molar-refractivity contribution in [1.29, 1.82) is 0 Å². The minimum Gasteiger partial charge on any atom is -0.467 e. The lowest BCUT2D eigenvalue weighted by atomic mass is 10.1. The Kier molecular flexibility index (Phi) is 4.60. The molecule has 0 unspecified atom stereocenters. The summed E-state index contributed by atoms with van der Waals surface area (Å²) in [5.41, 5.74) is 1.19. The lowest BCUT2D eigenvalue weighted by molar-refractivity contribution is -0.123. The predicted molar refractivity (Wildman–Crippen MR) is 86.1 cm³/mol. The molecule has 2 heterocycles. The highest BCUT2D eigenvalue weighted by atomic mass is 32.1. The highest BCUT2D eigenvalue weighted by Gasteiger charge is 2.08. The number of carbonyl (C=O) groups excluding carboxylic acids is 1. The van der Waals surface area contributed by atoms with Gasteiger partial charge >= 0.3 is 0 Å². The molecular weight excluding hydrogens is 298 g/mol. The summed E-state index contributed by atoms with van der Waals surface area (Å²) in [5.74, 6) is 0.294. The van der Waals surface area contributed by atoms with Crippen LogP contribution in [0.3, 0.4) is 0 Å². The van der Waals surface area contributed by atoms with Gasteiger partial charge in [0.15, 0.2) is 6.61 Å². The summed E-state index contributed by atoms with van der Waals surface area (Å²) in [5, 5.41) is 5.60. The van der Waals surface area contributed by atoms with Gasteiger partial charge in [-0.05, 0) is 23.4 Å². The average molecular weight is 313 g/mol. The lowest BCUT2D eigenvalue weighted by Crippen LogP contribution is -2.30. The standard InChI is InChI=1S/C16H15N3O2S/c20-14(17-8-6-12-4-2-1-3-5-12)10-21-15-13-7-9-22-16(13)19-11-18-15/h1-5,7,9,11H,6,8,10H2,(H,17,20). The van der Waals surface area contributed by atoms with Crippen molar-refractivity contribution < 1.29 is 9.53 Å². The normalized spacial score (nSPS) is 10.5. The van der Waals surface area contributed by atoms with Crippen LogP contribution < -0.4 is 10.1 Å². The summed E-state index contributed by atoms with van der Waals surface area (Å²) in [6, 6.07) is 11.9. The summed E-state index contributed by atoms with van der Waals surface area (Å²) in [7, 11) is 0. The maximum Gasteiger partial charge on any atom is 0.258 e. The molecule has 3 aromatic rings. The molecule has 3 rings (SSSR count). The van der Waals surface area contributed by atoms with Crippen LogP contribution in [0.4, 0.5) is 0 Å². The first-order chi connectivity index (χ1) is 10.8. The van der Waals surface area contributed by atoms with Gasteiger partial charge in [-0.3, -0.25) is 4.79 Å². The van der Waals surface area contributed by atoms with E-state index in [-0.39, 0.29) is 12.5 Å². The van der Waals surface area contributed by atoms with Gasteiger partial charge in [-0.1, -0.05) is 30.3 Å². The fourth-order valence-electron chi connectivity index (χ4n) is 2.06. The van der Waals surface area contributed by atoms with Gasteiger partial charge in [0.05, 0.1) is 5.39 Å². The molecule has 1 N–H and O–H groups in total. The van der Waals surface area contributed by atoms with E-state index in [0.717, 1.165) is 16.6 Å². The number of hydrogen-bond acceptors (Lipinski definition) is 5. The number of hydrogen-bond donors (Lipinski definition) is 1. The first-order valence-electron chi connectivity index (χ1n) is 6.94.